The molecule has 0 bridgehead atoms. The van der Waals surface area contributed by atoms with Crippen LogP contribution in [0.25, 0.3) is 11.4 Å². The Morgan fingerprint density at radius 2 is 1.92 bits per heavy atom. The van der Waals surface area contributed by atoms with Gasteiger partial charge in [-0.15, -0.1) is 0 Å². The van der Waals surface area contributed by atoms with E-state index < -0.39 is 11.9 Å². The third kappa shape index (κ3) is 7.93. The maximum absolute atomic E-state index is 13.0. The molecule has 0 saturated heterocycles. The molecule has 1 amide bonds. The number of hydrogen-bond acceptors (Lipinski definition) is 7. The molecule has 0 radical (unpaired) electrons. The van der Waals surface area contributed by atoms with Crippen molar-refractivity contribution >= 4 is 29.2 Å². The maximum atomic E-state index is 13.0. The van der Waals surface area contributed by atoms with Crippen LogP contribution in [-0.4, -0.2) is 22.2 Å². The van der Waals surface area contributed by atoms with Crippen molar-refractivity contribution < 1.29 is 53.3 Å². The molecule has 37 heavy (non-hydrogen) atoms. The molecule has 0 spiro atoms. The van der Waals surface area contributed by atoms with Crippen molar-refractivity contribution in [1.29, 1.82) is 0 Å². The Kier molecular flexibility index (Phi) is 9.67. The fraction of sp³-hybridized carbons (Fsp3) is 0.481. The van der Waals surface area contributed by atoms with Gasteiger partial charge in [-0.2, -0.15) is 0 Å². The van der Waals surface area contributed by atoms with E-state index >= 15 is 0 Å². The van der Waals surface area contributed by atoms with Gasteiger partial charge < -0.3 is 24.3 Å². The van der Waals surface area contributed by atoms with E-state index in [9.17, 15) is 14.7 Å². The van der Waals surface area contributed by atoms with E-state index in [-0.39, 0.29) is 66.1 Å². The average Bonchev–Trinajstić information content (AvgIpc) is 3.35. The van der Waals surface area contributed by atoms with E-state index in [4.69, 9.17) is 20.6 Å². The molecule has 1 fully saturated rings. The predicted octanol–water partition coefficient (Wildman–Crippen LogP) is 2.40. The molecule has 1 aliphatic rings. The van der Waals surface area contributed by atoms with Gasteiger partial charge in [0.2, 0.25) is 5.91 Å². The van der Waals surface area contributed by atoms with Gasteiger partial charge in [0, 0.05) is 36.4 Å². The van der Waals surface area contributed by atoms with Crippen LogP contribution in [0.4, 0.5) is 5.69 Å². The Hall–Kier alpha value is -2.13. The molecule has 1 N–H and O–H groups in total. The van der Waals surface area contributed by atoms with E-state index in [1.165, 1.54) is 0 Å². The predicted molar refractivity (Wildman–Crippen MR) is 134 cm³/mol. The molecule has 192 valence electrons. The van der Waals surface area contributed by atoms with Crippen LogP contribution in [0.1, 0.15) is 87.4 Å². The monoisotopic (exact) mass is 535 g/mol. The molecule has 10 heteroatoms. The zero-order valence-electron chi connectivity index (χ0n) is 22.0. The Bertz CT molecular complexity index is 1260. The number of nitrogens with zero attached hydrogens (tertiary/aromatic N) is 2. The summed E-state index contributed by atoms with van der Waals surface area (Å²) in [6.45, 7) is 8.27. The van der Waals surface area contributed by atoms with Crippen LogP contribution in [0.15, 0.2) is 33.3 Å². The molecule has 1 saturated carbocycles. The molecule has 3 aromatic rings. The van der Waals surface area contributed by atoms with Gasteiger partial charge in [-0.1, -0.05) is 48.8 Å². The first-order valence-electron chi connectivity index (χ1n) is 12.2. The van der Waals surface area contributed by atoms with Crippen molar-refractivity contribution in [3.05, 3.63) is 51.9 Å². The molecular weight excluding hydrogens is 505 g/mol. The number of carboxylic acids is 1. The second-order valence-electron chi connectivity index (χ2n) is 10.8. The third-order valence-corrected chi connectivity index (χ3v) is 6.46. The van der Waals surface area contributed by atoms with Crippen molar-refractivity contribution in [2.75, 3.05) is 5.32 Å². The molecule has 8 nitrogen and oxygen atoms in total. The smallest absolute Gasteiger partial charge is 0.550 e. The Labute approximate surface area is 243 Å². The van der Waals surface area contributed by atoms with Crippen molar-refractivity contribution in [1.82, 2.24) is 10.3 Å². The quantitative estimate of drug-likeness (QED) is 0.396. The summed E-state index contributed by atoms with van der Waals surface area (Å²) >= 11 is 6.27. The standard InChI is InChI=1S/C27H32ClN3O5.Na/c1-15-5-9-20(19(28)11-15)29-22(32)12-17(8-10-23(33)34)26-24(16-6-7-16)25(31-36-26)21-13-18(35-30-21)14-27(2,3)4;/h5,9,11,13,16-17H,6-8,10,12,14H2,1-4H3,(H,29,32)(H,33,34);/q;+1/p-1/t17-;/m0./s1. The topological polar surface area (TPSA) is 121 Å². The number of amides is 1. The molecule has 0 aliphatic heterocycles. The van der Waals surface area contributed by atoms with Crippen LogP contribution in [0, 0.1) is 12.3 Å². The number of aliphatic carboxylic acids is 1. The van der Waals surface area contributed by atoms with Gasteiger partial charge in [-0.05, 0) is 61.6 Å². The summed E-state index contributed by atoms with van der Waals surface area (Å²) in [5.41, 5.74) is 3.58. The number of nitrogens with one attached hydrogen (secondary N) is 1. The van der Waals surface area contributed by atoms with Gasteiger partial charge >= 0.3 is 29.6 Å². The fourth-order valence-corrected chi connectivity index (χ4v) is 4.63. The third-order valence-electron chi connectivity index (χ3n) is 6.15. The van der Waals surface area contributed by atoms with Crippen molar-refractivity contribution in [3.8, 4) is 11.4 Å². The number of benzene rings is 1. The largest absolute Gasteiger partial charge is 1.00 e. The number of halogens is 1. The summed E-state index contributed by atoms with van der Waals surface area (Å²) in [5, 5.41) is 23.1. The number of rotatable bonds is 10. The fourth-order valence-electron chi connectivity index (χ4n) is 4.35. The molecule has 1 aromatic carbocycles. The summed E-state index contributed by atoms with van der Waals surface area (Å²) in [7, 11) is 0. The number of aryl methyl sites for hydroxylation is 1. The minimum atomic E-state index is -1.18. The minimum Gasteiger partial charge on any atom is -0.550 e. The second kappa shape index (κ2) is 12.2. The summed E-state index contributed by atoms with van der Waals surface area (Å²) in [5.74, 6) is -0.462. The first kappa shape index (κ1) is 29.4. The van der Waals surface area contributed by atoms with Gasteiger partial charge in [-0.25, -0.2) is 0 Å². The molecule has 1 atom stereocenters. The van der Waals surface area contributed by atoms with Gasteiger partial charge in [0.15, 0.2) is 0 Å². The van der Waals surface area contributed by atoms with Crippen LogP contribution in [-0.2, 0) is 16.0 Å². The van der Waals surface area contributed by atoms with Crippen LogP contribution in [0.5, 0.6) is 0 Å². The summed E-state index contributed by atoms with van der Waals surface area (Å²) < 4.78 is 11.4. The van der Waals surface area contributed by atoms with E-state index in [1.54, 1.807) is 12.1 Å². The molecule has 1 aliphatic carbocycles. The Balaban J connectivity index is 0.00000380. The molecule has 2 heterocycles. The molecule has 2 aromatic heterocycles. The number of anilines is 1. The van der Waals surface area contributed by atoms with E-state index in [0.29, 0.717) is 27.9 Å². The Morgan fingerprint density at radius 1 is 1.19 bits per heavy atom. The van der Waals surface area contributed by atoms with E-state index in [1.807, 2.05) is 19.1 Å². The average molecular weight is 536 g/mol. The zero-order chi connectivity index (χ0) is 26.0. The first-order valence-corrected chi connectivity index (χ1v) is 12.6. The summed E-state index contributed by atoms with van der Waals surface area (Å²) in [6.07, 6.45) is 2.64. The van der Waals surface area contributed by atoms with Gasteiger partial charge in [0.1, 0.15) is 22.9 Å². The normalized spacial score (nSPS) is 14.2. The first-order chi connectivity index (χ1) is 17.0. The zero-order valence-corrected chi connectivity index (χ0v) is 24.8. The van der Waals surface area contributed by atoms with Gasteiger partial charge in [0.05, 0.1) is 10.7 Å². The van der Waals surface area contributed by atoms with Crippen LogP contribution in [0.3, 0.4) is 0 Å². The molecule has 4 rings (SSSR count). The number of carbonyl (C=O) groups is 2. The second-order valence-corrected chi connectivity index (χ2v) is 11.2. The van der Waals surface area contributed by atoms with Crippen molar-refractivity contribution in [2.45, 2.75) is 78.1 Å². The number of carbonyl (C=O) groups excluding carboxylic acids is 2. The minimum absolute atomic E-state index is 0. The number of carboxylic acid groups (broad SMARTS) is 1. The Morgan fingerprint density at radius 3 is 2.54 bits per heavy atom. The molecule has 0 unspecified atom stereocenters. The van der Waals surface area contributed by atoms with Crippen molar-refractivity contribution in [2.24, 2.45) is 5.41 Å². The maximum Gasteiger partial charge on any atom is 1.00 e. The van der Waals surface area contributed by atoms with Crippen LogP contribution in [0.2, 0.25) is 5.02 Å². The van der Waals surface area contributed by atoms with Crippen LogP contribution >= 0.6 is 11.6 Å². The molecular formula is C27H31ClN3NaO5. The van der Waals surface area contributed by atoms with Gasteiger partial charge in [-0.3, -0.25) is 4.79 Å². The number of hydrogen-bond donors (Lipinski definition) is 1. The van der Waals surface area contributed by atoms with Crippen molar-refractivity contribution in [3.63, 3.8) is 0 Å². The SMILES string of the molecule is Cc1ccc(NC(=O)C[C@H](CCC(=O)[O-])c2onc(-c3cc(CC(C)(C)C)on3)c2C2CC2)c(Cl)c1.[Na+]. The number of aromatic nitrogens is 2. The van der Waals surface area contributed by atoms with Gasteiger partial charge in [0.25, 0.3) is 0 Å². The van der Waals surface area contributed by atoms with Crippen LogP contribution < -0.4 is 40.0 Å². The summed E-state index contributed by atoms with van der Waals surface area (Å²) in [6, 6.07) is 7.24. The summed E-state index contributed by atoms with van der Waals surface area (Å²) in [4.78, 5) is 24.2. The van der Waals surface area contributed by atoms with E-state index in [2.05, 4.69) is 36.4 Å². The van der Waals surface area contributed by atoms with E-state index in [0.717, 1.165) is 36.1 Å².